The van der Waals surface area contributed by atoms with Crippen molar-refractivity contribution in [3.8, 4) is 0 Å². The summed E-state index contributed by atoms with van der Waals surface area (Å²) in [5, 5.41) is 0.560. The number of aromatic nitrogens is 2. The van der Waals surface area contributed by atoms with Crippen LogP contribution in [-0.4, -0.2) is 52.7 Å². The summed E-state index contributed by atoms with van der Waals surface area (Å²) in [6.07, 6.45) is 0. The number of nitrogen functional groups attached to an aromatic ring is 1. The molecule has 1 amide bonds. The highest BCUT2D eigenvalue weighted by Crippen LogP contribution is 2.24. The van der Waals surface area contributed by atoms with E-state index in [1.807, 2.05) is 11.8 Å². The number of piperazine rings is 1. The van der Waals surface area contributed by atoms with Crippen molar-refractivity contribution in [3.63, 3.8) is 0 Å². The molecule has 2 N–H and O–H groups in total. The molecule has 1 aromatic heterocycles. The fourth-order valence-electron chi connectivity index (χ4n) is 3.12. The van der Waals surface area contributed by atoms with Gasteiger partial charge in [-0.25, -0.2) is 9.97 Å². The van der Waals surface area contributed by atoms with Gasteiger partial charge < -0.3 is 15.5 Å². The molecule has 1 fully saturated rings. The maximum atomic E-state index is 12.5. The summed E-state index contributed by atoms with van der Waals surface area (Å²) in [4.78, 5) is 25.3. The van der Waals surface area contributed by atoms with E-state index >= 15 is 0 Å². The largest absolute Gasteiger partial charge is 0.384 e. The molecule has 1 aromatic carbocycles. The van der Waals surface area contributed by atoms with Gasteiger partial charge in [0, 0.05) is 43.6 Å². The monoisotopic (exact) mass is 371 g/mol. The van der Waals surface area contributed by atoms with Crippen LogP contribution < -0.4 is 10.6 Å². The van der Waals surface area contributed by atoms with Gasteiger partial charge in [-0.2, -0.15) is 0 Å². The van der Waals surface area contributed by atoms with Crippen molar-refractivity contribution in [2.45, 2.75) is 25.9 Å². The molecule has 2 aromatic rings. The van der Waals surface area contributed by atoms with Crippen LogP contribution in [0.2, 0.25) is 0 Å². The summed E-state index contributed by atoms with van der Waals surface area (Å²) < 4.78 is 0. The lowest BCUT2D eigenvalue weighted by atomic mass is 10.1. The lowest BCUT2D eigenvalue weighted by Crippen LogP contribution is -2.49. The second-order valence-corrected chi connectivity index (χ2v) is 7.53. The lowest BCUT2D eigenvalue weighted by Gasteiger charge is -2.37. The molecule has 0 atom stereocenters. The number of hydrogen-bond donors (Lipinski definition) is 1. The van der Waals surface area contributed by atoms with E-state index in [9.17, 15) is 4.79 Å². The summed E-state index contributed by atoms with van der Waals surface area (Å²) in [6.45, 7) is 9.36. The van der Waals surface area contributed by atoms with Crippen molar-refractivity contribution in [1.82, 2.24) is 14.9 Å². The van der Waals surface area contributed by atoms with E-state index in [-0.39, 0.29) is 5.91 Å². The summed E-state index contributed by atoms with van der Waals surface area (Å²) in [7, 11) is 0. The highest BCUT2D eigenvalue weighted by molar-refractivity contribution is 7.99. The van der Waals surface area contributed by atoms with E-state index in [0.717, 1.165) is 31.9 Å². The van der Waals surface area contributed by atoms with Crippen molar-refractivity contribution >= 4 is 29.2 Å². The van der Waals surface area contributed by atoms with Gasteiger partial charge in [0.2, 0.25) is 5.91 Å². The third-order valence-corrected chi connectivity index (χ3v) is 5.56. The van der Waals surface area contributed by atoms with E-state index < -0.39 is 0 Å². The zero-order valence-corrected chi connectivity index (χ0v) is 16.3. The quantitative estimate of drug-likeness (QED) is 0.657. The minimum absolute atomic E-state index is 0.124. The van der Waals surface area contributed by atoms with Gasteiger partial charge in [0.25, 0.3) is 0 Å². The summed E-state index contributed by atoms with van der Waals surface area (Å²) in [5.41, 5.74) is 10.4. The first-order chi connectivity index (χ1) is 12.4. The molecule has 3 rings (SSSR count). The third-order valence-electron chi connectivity index (χ3n) is 4.73. The first kappa shape index (κ1) is 18.5. The maximum Gasteiger partial charge on any atom is 0.233 e. The smallest absolute Gasteiger partial charge is 0.233 e. The van der Waals surface area contributed by atoms with Gasteiger partial charge in [0.1, 0.15) is 5.82 Å². The zero-order chi connectivity index (χ0) is 18.7. The molecule has 0 spiro atoms. The van der Waals surface area contributed by atoms with Crippen molar-refractivity contribution in [1.29, 1.82) is 0 Å². The summed E-state index contributed by atoms with van der Waals surface area (Å²) in [6, 6.07) is 8.11. The van der Waals surface area contributed by atoms with E-state index in [1.165, 1.54) is 28.6 Å². The van der Waals surface area contributed by atoms with Crippen molar-refractivity contribution < 1.29 is 4.79 Å². The van der Waals surface area contributed by atoms with Gasteiger partial charge in [0.05, 0.1) is 5.75 Å². The van der Waals surface area contributed by atoms with Gasteiger partial charge in [-0.05, 0) is 38.0 Å². The van der Waals surface area contributed by atoms with E-state index in [1.54, 1.807) is 6.07 Å². The van der Waals surface area contributed by atoms with Crippen LogP contribution in [0.1, 0.15) is 16.8 Å². The number of anilines is 2. The molecule has 2 heterocycles. The predicted molar refractivity (Wildman–Crippen MR) is 107 cm³/mol. The van der Waals surface area contributed by atoms with Crippen molar-refractivity contribution in [2.75, 3.05) is 42.6 Å². The van der Waals surface area contributed by atoms with Crippen LogP contribution in [0.15, 0.2) is 29.4 Å². The van der Waals surface area contributed by atoms with Crippen LogP contribution in [0.3, 0.4) is 0 Å². The van der Waals surface area contributed by atoms with E-state index in [2.05, 4.69) is 46.9 Å². The maximum absolute atomic E-state index is 12.5. The highest BCUT2D eigenvalue weighted by atomic mass is 32.2. The van der Waals surface area contributed by atoms with Crippen molar-refractivity contribution in [3.05, 3.63) is 41.1 Å². The standard InChI is InChI=1S/C19H25N5OS/c1-13-5-4-6-16(15(13)3)23-7-9-24(10-8-23)18(25)12-26-19-21-14(2)11-17(20)22-19/h4-6,11H,7-10,12H2,1-3H3,(H2,20,21,22). The minimum Gasteiger partial charge on any atom is -0.384 e. The van der Waals surface area contributed by atoms with Crippen LogP contribution in [0.4, 0.5) is 11.5 Å². The number of nitrogens with zero attached hydrogens (tertiary/aromatic N) is 4. The highest BCUT2D eigenvalue weighted by Gasteiger charge is 2.22. The number of benzene rings is 1. The molecular formula is C19H25N5OS. The van der Waals surface area contributed by atoms with Gasteiger partial charge in [-0.15, -0.1) is 0 Å². The lowest BCUT2D eigenvalue weighted by molar-refractivity contribution is -0.128. The van der Waals surface area contributed by atoms with Crippen LogP contribution in [-0.2, 0) is 4.79 Å². The SMILES string of the molecule is Cc1cc(N)nc(SCC(=O)N2CCN(c3cccc(C)c3C)CC2)n1. The Morgan fingerprint density at radius 3 is 2.58 bits per heavy atom. The fraction of sp³-hybridized carbons (Fsp3) is 0.421. The van der Waals surface area contributed by atoms with Gasteiger partial charge in [-0.1, -0.05) is 23.9 Å². The van der Waals surface area contributed by atoms with Gasteiger partial charge in [0.15, 0.2) is 5.16 Å². The molecule has 0 bridgehead atoms. The Kier molecular flexibility index (Phi) is 5.66. The van der Waals surface area contributed by atoms with Crippen molar-refractivity contribution in [2.24, 2.45) is 0 Å². The number of thioether (sulfide) groups is 1. The second kappa shape index (κ2) is 7.95. The number of aryl methyl sites for hydroxylation is 2. The molecule has 1 aliphatic heterocycles. The average molecular weight is 372 g/mol. The Hall–Kier alpha value is -2.28. The Labute approximate surface area is 158 Å². The molecule has 0 aliphatic carbocycles. The van der Waals surface area contributed by atoms with Crippen LogP contribution in [0.25, 0.3) is 0 Å². The number of carbonyl (C=O) groups excluding carboxylic acids is 1. The van der Waals surface area contributed by atoms with Gasteiger partial charge >= 0.3 is 0 Å². The number of amides is 1. The van der Waals surface area contributed by atoms with E-state index in [0.29, 0.717) is 16.7 Å². The molecule has 0 saturated carbocycles. The fourth-order valence-corrected chi connectivity index (χ4v) is 3.94. The van der Waals surface area contributed by atoms with Crippen LogP contribution in [0, 0.1) is 20.8 Å². The Morgan fingerprint density at radius 1 is 1.15 bits per heavy atom. The molecule has 6 nitrogen and oxygen atoms in total. The molecule has 26 heavy (non-hydrogen) atoms. The first-order valence-corrected chi connectivity index (χ1v) is 9.75. The summed E-state index contributed by atoms with van der Waals surface area (Å²) in [5.74, 6) is 0.903. The normalized spacial score (nSPS) is 14.6. The second-order valence-electron chi connectivity index (χ2n) is 6.59. The van der Waals surface area contributed by atoms with Crippen LogP contribution >= 0.6 is 11.8 Å². The third kappa shape index (κ3) is 4.27. The number of hydrogen-bond acceptors (Lipinski definition) is 6. The molecule has 1 aliphatic rings. The topological polar surface area (TPSA) is 75.3 Å². The molecule has 0 radical (unpaired) electrons. The first-order valence-electron chi connectivity index (χ1n) is 8.77. The predicted octanol–water partition coefficient (Wildman–Crippen LogP) is 2.42. The zero-order valence-electron chi connectivity index (χ0n) is 15.5. The Balaban J connectivity index is 1.54. The number of carbonyl (C=O) groups is 1. The number of nitrogens with two attached hydrogens (primary N) is 1. The number of rotatable bonds is 4. The molecule has 1 saturated heterocycles. The average Bonchev–Trinajstić information content (AvgIpc) is 2.61. The minimum atomic E-state index is 0.124. The summed E-state index contributed by atoms with van der Waals surface area (Å²) >= 11 is 1.35. The Morgan fingerprint density at radius 2 is 1.88 bits per heavy atom. The Bertz CT molecular complexity index is 782. The molecule has 0 unspecified atom stereocenters. The van der Waals surface area contributed by atoms with E-state index in [4.69, 9.17) is 5.73 Å². The molecule has 7 heteroatoms. The molecular weight excluding hydrogens is 346 g/mol. The molecule has 138 valence electrons. The van der Waals surface area contributed by atoms with Gasteiger partial charge in [-0.3, -0.25) is 4.79 Å². The van der Waals surface area contributed by atoms with Crippen LogP contribution in [0.5, 0.6) is 0 Å².